The first-order chi connectivity index (χ1) is 13.3. The Bertz CT molecular complexity index is 828. The van der Waals surface area contributed by atoms with Crippen molar-refractivity contribution in [2.75, 3.05) is 24.6 Å². The van der Waals surface area contributed by atoms with E-state index in [4.69, 9.17) is 4.74 Å². The van der Waals surface area contributed by atoms with E-state index in [9.17, 15) is 22.8 Å². The molecule has 28 heavy (non-hydrogen) atoms. The summed E-state index contributed by atoms with van der Waals surface area (Å²) in [5, 5.41) is 1.66. The van der Waals surface area contributed by atoms with Crippen LogP contribution in [0.5, 0.6) is 0 Å². The molecule has 1 amide bonds. The number of hydrogen-bond acceptors (Lipinski definition) is 5. The number of ether oxygens (including phenoxy) is 1. The lowest BCUT2D eigenvalue weighted by atomic mass is 10.2. The summed E-state index contributed by atoms with van der Waals surface area (Å²) in [6.07, 6.45) is -4.52. The highest BCUT2D eigenvalue weighted by Gasteiger charge is 2.28. The molecule has 1 aliphatic rings. The molecule has 148 valence electrons. The molecule has 5 nitrogen and oxygen atoms in total. The Kier molecular flexibility index (Phi) is 6.13. The monoisotopic (exact) mass is 410 g/mol. The molecule has 0 bridgehead atoms. The van der Waals surface area contributed by atoms with Crippen LogP contribution < -0.4 is 10.2 Å². The molecule has 0 aliphatic carbocycles. The molecule has 0 saturated heterocycles. The van der Waals surface area contributed by atoms with Crippen molar-refractivity contribution in [1.29, 1.82) is 0 Å². The summed E-state index contributed by atoms with van der Waals surface area (Å²) >= 11 is 1.64. The van der Waals surface area contributed by atoms with Crippen LogP contribution in [0.4, 0.5) is 24.5 Å². The van der Waals surface area contributed by atoms with Crippen LogP contribution in [0.3, 0.4) is 0 Å². The molecule has 1 N–H and O–H groups in total. The number of fused-ring (bicyclic) bond motifs is 2. The second-order valence-corrected chi connectivity index (χ2v) is 7.08. The van der Waals surface area contributed by atoms with Crippen LogP contribution in [0.25, 0.3) is 0 Å². The van der Waals surface area contributed by atoms with Crippen LogP contribution in [0, 0.1) is 0 Å². The predicted octanol–water partition coefficient (Wildman–Crippen LogP) is 3.90. The van der Waals surface area contributed by atoms with Crippen LogP contribution in [0.15, 0.2) is 58.3 Å². The van der Waals surface area contributed by atoms with Gasteiger partial charge in [-0.1, -0.05) is 36.0 Å². The SMILES string of the molecule is O=C(COC(=O)CCN1c2ccccc2Sc2ccccc21)NCC(F)(F)F. The molecule has 1 aliphatic heterocycles. The van der Waals surface area contributed by atoms with Gasteiger partial charge in [0, 0.05) is 16.3 Å². The van der Waals surface area contributed by atoms with Gasteiger partial charge < -0.3 is 15.0 Å². The molecule has 0 fully saturated rings. The Morgan fingerprint density at radius 2 is 1.57 bits per heavy atom. The number of alkyl halides is 3. The van der Waals surface area contributed by atoms with E-state index in [1.54, 1.807) is 17.1 Å². The lowest BCUT2D eigenvalue weighted by Crippen LogP contribution is -2.36. The molecule has 1 heterocycles. The number of rotatable bonds is 6. The molecule has 9 heteroatoms. The second-order valence-electron chi connectivity index (χ2n) is 5.99. The van der Waals surface area contributed by atoms with E-state index in [0.717, 1.165) is 21.2 Å². The highest BCUT2D eigenvalue weighted by atomic mass is 32.2. The lowest BCUT2D eigenvalue weighted by Gasteiger charge is -2.32. The van der Waals surface area contributed by atoms with E-state index >= 15 is 0 Å². The van der Waals surface area contributed by atoms with E-state index in [-0.39, 0.29) is 6.42 Å². The highest BCUT2D eigenvalue weighted by molar-refractivity contribution is 7.99. The quantitative estimate of drug-likeness (QED) is 0.732. The third kappa shape index (κ3) is 5.19. The largest absolute Gasteiger partial charge is 0.456 e. The van der Waals surface area contributed by atoms with E-state index in [2.05, 4.69) is 0 Å². The molecule has 0 radical (unpaired) electrons. The zero-order chi connectivity index (χ0) is 20.1. The van der Waals surface area contributed by atoms with Crippen LogP contribution in [0.1, 0.15) is 6.42 Å². The fraction of sp³-hybridized carbons (Fsp3) is 0.263. The van der Waals surface area contributed by atoms with Crippen molar-refractivity contribution in [3.05, 3.63) is 48.5 Å². The van der Waals surface area contributed by atoms with Gasteiger partial charge in [-0.2, -0.15) is 13.2 Å². The van der Waals surface area contributed by atoms with Gasteiger partial charge in [-0.25, -0.2) is 0 Å². The van der Waals surface area contributed by atoms with Gasteiger partial charge in [-0.3, -0.25) is 9.59 Å². The predicted molar refractivity (Wildman–Crippen MR) is 98.7 cm³/mol. The zero-order valence-electron chi connectivity index (χ0n) is 14.7. The van der Waals surface area contributed by atoms with Gasteiger partial charge in [-0.05, 0) is 24.3 Å². The average molecular weight is 410 g/mol. The Labute approximate surface area is 163 Å². The van der Waals surface area contributed by atoms with Crippen LogP contribution >= 0.6 is 11.8 Å². The minimum atomic E-state index is -4.51. The Balaban J connectivity index is 1.57. The maximum Gasteiger partial charge on any atom is 0.405 e. The number of anilines is 2. The summed E-state index contributed by atoms with van der Waals surface area (Å²) in [6, 6.07) is 15.6. The van der Waals surface area contributed by atoms with Crippen molar-refractivity contribution < 1.29 is 27.5 Å². The first-order valence-corrected chi connectivity index (χ1v) is 9.28. The number of esters is 1. The Morgan fingerprint density at radius 1 is 1.00 bits per heavy atom. The maximum absolute atomic E-state index is 12.1. The summed E-state index contributed by atoms with van der Waals surface area (Å²) in [6.45, 7) is -1.88. The van der Waals surface area contributed by atoms with Gasteiger partial charge in [0.05, 0.1) is 17.8 Å². The molecule has 0 spiro atoms. The molecular weight excluding hydrogens is 393 g/mol. The van der Waals surface area contributed by atoms with E-state index < -0.39 is 31.2 Å². The Hall–Kier alpha value is -2.68. The van der Waals surface area contributed by atoms with Crippen LogP contribution in [-0.4, -0.2) is 37.7 Å². The van der Waals surface area contributed by atoms with Crippen LogP contribution in [-0.2, 0) is 14.3 Å². The number of nitrogens with one attached hydrogen (secondary N) is 1. The van der Waals surface area contributed by atoms with Crippen molar-refractivity contribution >= 4 is 35.0 Å². The first-order valence-electron chi connectivity index (χ1n) is 8.46. The van der Waals surface area contributed by atoms with Crippen molar-refractivity contribution in [1.82, 2.24) is 5.32 Å². The zero-order valence-corrected chi connectivity index (χ0v) is 15.5. The van der Waals surface area contributed by atoms with Crippen LogP contribution in [0.2, 0.25) is 0 Å². The summed E-state index contributed by atoms with van der Waals surface area (Å²) in [5.74, 6) is -1.65. The number of nitrogens with zero attached hydrogens (tertiary/aromatic N) is 1. The smallest absolute Gasteiger partial charge is 0.405 e. The van der Waals surface area contributed by atoms with Gasteiger partial charge in [0.25, 0.3) is 5.91 Å². The number of benzene rings is 2. The van der Waals surface area contributed by atoms with Crippen molar-refractivity contribution in [2.24, 2.45) is 0 Å². The molecule has 2 aromatic carbocycles. The summed E-state index contributed by atoms with van der Waals surface area (Å²) in [4.78, 5) is 27.4. The molecule has 0 aromatic heterocycles. The van der Waals surface area contributed by atoms with Gasteiger partial charge in [0.2, 0.25) is 0 Å². The summed E-state index contributed by atoms with van der Waals surface area (Å²) in [7, 11) is 0. The number of carbonyl (C=O) groups is 2. The third-order valence-electron chi connectivity index (χ3n) is 3.92. The molecule has 0 unspecified atom stereocenters. The fourth-order valence-electron chi connectivity index (χ4n) is 2.69. The number of amides is 1. The third-order valence-corrected chi connectivity index (χ3v) is 5.05. The highest BCUT2D eigenvalue weighted by Crippen LogP contribution is 2.47. The van der Waals surface area contributed by atoms with E-state index in [0.29, 0.717) is 6.54 Å². The normalized spacial score (nSPS) is 12.8. The van der Waals surface area contributed by atoms with Gasteiger partial charge in [0.1, 0.15) is 6.54 Å². The van der Waals surface area contributed by atoms with Gasteiger partial charge >= 0.3 is 12.1 Å². The van der Waals surface area contributed by atoms with E-state index in [1.807, 2.05) is 53.4 Å². The second kappa shape index (κ2) is 8.55. The van der Waals surface area contributed by atoms with Gasteiger partial charge in [-0.15, -0.1) is 0 Å². The number of halogens is 3. The standard InChI is InChI=1S/C19H17F3N2O3S/c20-19(21,22)12-23-17(25)11-27-18(26)9-10-24-13-5-1-3-7-15(13)28-16-8-4-2-6-14(16)24/h1-8H,9-12H2,(H,23,25). The van der Waals surface area contributed by atoms with Gasteiger partial charge in [0.15, 0.2) is 6.61 Å². The number of para-hydroxylation sites is 2. The average Bonchev–Trinajstić information content (AvgIpc) is 2.67. The minimum absolute atomic E-state index is 0.0140. The first kappa shape index (κ1) is 20.1. The molecular formula is C19H17F3N2O3S. The molecule has 3 rings (SSSR count). The molecule has 0 saturated carbocycles. The topological polar surface area (TPSA) is 58.6 Å². The van der Waals surface area contributed by atoms with Crippen molar-refractivity contribution in [3.8, 4) is 0 Å². The summed E-state index contributed by atoms with van der Waals surface area (Å²) in [5.41, 5.74) is 1.92. The summed E-state index contributed by atoms with van der Waals surface area (Å²) < 4.78 is 40.9. The maximum atomic E-state index is 12.1. The number of hydrogen-bond donors (Lipinski definition) is 1. The molecule has 0 atom stereocenters. The van der Waals surface area contributed by atoms with Crippen molar-refractivity contribution in [2.45, 2.75) is 22.4 Å². The minimum Gasteiger partial charge on any atom is -0.456 e. The lowest BCUT2D eigenvalue weighted by molar-refractivity contribution is -0.151. The fourth-order valence-corrected chi connectivity index (χ4v) is 3.79. The number of carbonyl (C=O) groups excluding carboxylic acids is 2. The van der Waals surface area contributed by atoms with Crippen molar-refractivity contribution in [3.63, 3.8) is 0 Å². The van der Waals surface area contributed by atoms with E-state index in [1.165, 1.54) is 0 Å². The Morgan fingerprint density at radius 3 is 2.14 bits per heavy atom. The molecule has 2 aromatic rings.